The number of nitrogens with one attached hydrogen (secondary N) is 1. The van der Waals surface area contributed by atoms with E-state index in [9.17, 15) is 21.6 Å². The molecule has 1 heterocycles. The minimum Gasteiger partial charge on any atom is -0.495 e. The fraction of sp³-hybridized carbons (Fsp3) is 0.308. The van der Waals surface area contributed by atoms with Gasteiger partial charge in [0.15, 0.2) is 0 Å². The van der Waals surface area contributed by atoms with Crippen LogP contribution in [0.15, 0.2) is 23.1 Å². The van der Waals surface area contributed by atoms with E-state index in [0.717, 1.165) is 16.8 Å². The van der Waals surface area contributed by atoms with Gasteiger partial charge in [-0.3, -0.25) is 9.40 Å². The quantitative estimate of drug-likeness (QED) is 0.879. The third-order valence-corrected chi connectivity index (χ3v) is 5.20. The van der Waals surface area contributed by atoms with E-state index in [4.69, 9.17) is 16.3 Å². The van der Waals surface area contributed by atoms with Gasteiger partial charge in [0.2, 0.25) is 0 Å². The molecule has 24 heavy (non-hydrogen) atoms. The van der Waals surface area contributed by atoms with E-state index in [1.165, 1.54) is 21.1 Å². The van der Waals surface area contributed by atoms with Crippen molar-refractivity contribution in [3.63, 3.8) is 0 Å². The maximum Gasteiger partial charge on any atom is 0.416 e. The highest BCUT2D eigenvalue weighted by atomic mass is 35.5. The number of hydrogen-bond acceptors (Lipinski definition) is 4. The molecule has 0 radical (unpaired) electrons. The predicted molar refractivity (Wildman–Crippen MR) is 81.8 cm³/mol. The second-order valence-electron chi connectivity index (χ2n) is 4.85. The lowest BCUT2D eigenvalue weighted by Crippen LogP contribution is -2.16. The lowest BCUT2D eigenvalue weighted by molar-refractivity contribution is -0.137. The van der Waals surface area contributed by atoms with Gasteiger partial charge in [0.05, 0.1) is 24.1 Å². The van der Waals surface area contributed by atoms with Crippen molar-refractivity contribution in [2.45, 2.75) is 18.0 Å². The molecule has 0 aliphatic heterocycles. The number of alkyl halides is 3. The number of anilines is 1. The Hall–Kier alpha value is -1.94. The number of rotatable bonds is 4. The first-order valence-electron chi connectivity index (χ1n) is 6.44. The number of aryl methyl sites for hydroxylation is 2. The van der Waals surface area contributed by atoms with Crippen LogP contribution in [0.1, 0.15) is 11.3 Å². The zero-order chi connectivity index (χ0) is 18.3. The van der Waals surface area contributed by atoms with Crippen molar-refractivity contribution in [3.8, 4) is 5.75 Å². The number of ether oxygens (including phenoxy) is 1. The highest BCUT2D eigenvalue weighted by molar-refractivity contribution is 7.92. The Morgan fingerprint density at radius 1 is 1.33 bits per heavy atom. The van der Waals surface area contributed by atoms with Gasteiger partial charge in [-0.25, -0.2) is 8.42 Å². The van der Waals surface area contributed by atoms with Crippen LogP contribution in [0, 0.1) is 6.92 Å². The van der Waals surface area contributed by atoms with Crippen LogP contribution in [0.3, 0.4) is 0 Å². The summed E-state index contributed by atoms with van der Waals surface area (Å²) in [7, 11) is -1.61. The molecule has 0 spiro atoms. The number of nitrogens with zero attached hydrogens (tertiary/aromatic N) is 2. The molecule has 6 nitrogen and oxygen atoms in total. The highest BCUT2D eigenvalue weighted by Gasteiger charge is 2.32. The fourth-order valence-corrected chi connectivity index (χ4v) is 3.89. The average Bonchev–Trinajstić information content (AvgIpc) is 2.71. The van der Waals surface area contributed by atoms with Gasteiger partial charge in [-0.1, -0.05) is 11.6 Å². The Balaban J connectivity index is 2.53. The minimum absolute atomic E-state index is 0.0655. The molecular weight excluding hydrogens is 371 g/mol. The van der Waals surface area contributed by atoms with Gasteiger partial charge in [0, 0.05) is 7.05 Å². The smallest absolute Gasteiger partial charge is 0.416 e. The van der Waals surface area contributed by atoms with Gasteiger partial charge >= 0.3 is 6.18 Å². The number of benzene rings is 1. The molecule has 0 atom stereocenters. The number of halogens is 4. The van der Waals surface area contributed by atoms with E-state index in [-0.39, 0.29) is 27.2 Å². The molecule has 0 aliphatic rings. The van der Waals surface area contributed by atoms with Crippen molar-refractivity contribution in [1.82, 2.24) is 9.78 Å². The first kappa shape index (κ1) is 18.4. The van der Waals surface area contributed by atoms with Crippen LogP contribution in [0.4, 0.5) is 18.9 Å². The average molecular weight is 384 g/mol. The maximum atomic E-state index is 12.8. The maximum absolute atomic E-state index is 12.8. The molecule has 1 aromatic heterocycles. The van der Waals surface area contributed by atoms with Crippen LogP contribution < -0.4 is 9.46 Å². The van der Waals surface area contributed by atoms with Crippen LogP contribution in [0.2, 0.25) is 5.15 Å². The van der Waals surface area contributed by atoms with Crippen LogP contribution in [0.5, 0.6) is 5.75 Å². The van der Waals surface area contributed by atoms with Crippen LogP contribution >= 0.6 is 11.6 Å². The van der Waals surface area contributed by atoms with Crippen LogP contribution in [-0.2, 0) is 23.2 Å². The second kappa shape index (κ2) is 6.17. The fourth-order valence-electron chi connectivity index (χ4n) is 2.08. The molecule has 132 valence electrons. The highest BCUT2D eigenvalue weighted by Crippen LogP contribution is 2.36. The molecule has 1 N–H and O–H groups in total. The Morgan fingerprint density at radius 2 is 1.96 bits per heavy atom. The van der Waals surface area contributed by atoms with Gasteiger partial charge in [0.1, 0.15) is 15.8 Å². The van der Waals surface area contributed by atoms with Gasteiger partial charge in [-0.2, -0.15) is 18.3 Å². The third kappa shape index (κ3) is 3.44. The molecule has 0 amide bonds. The summed E-state index contributed by atoms with van der Waals surface area (Å²) >= 11 is 5.91. The topological polar surface area (TPSA) is 73.2 Å². The molecule has 0 fully saturated rings. The zero-order valence-electron chi connectivity index (χ0n) is 12.8. The molecule has 0 saturated heterocycles. The van der Waals surface area contributed by atoms with Crippen molar-refractivity contribution in [2.24, 2.45) is 7.05 Å². The summed E-state index contributed by atoms with van der Waals surface area (Å²) in [6.45, 7) is 1.42. The Kier molecular flexibility index (Phi) is 4.73. The van der Waals surface area contributed by atoms with Crippen molar-refractivity contribution >= 4 is 27.3 Å². The van der Waals surface area contributed by atoms with Crippen LogP contribution in [0.25, 0.3) is 0 Å². The zero-order valence-corrected chi connectivity index (χ0v) is 14.3. The Labute approximate surface area is 141 Å². The first-order chi connectivity index (χ1) is 11.0. The third-order valence-electron chi connectivity index (χ3n) is 3.14. The van der Waals surface area contributed by atoms with E-state index in [1.54, 1.807) is 0 Å². The Bertz CT molecular complexity index is 879. The van der Waals surface area contributed by atoms with E-state index in [2.05, 4.69) is 9.82 Å². The number of methoxy groups -OCH3 is 1. The number of hydrogen-bond donors (Lipinski definition) is 1. The summed E-state index contributed by atoms with van der Waals surface area (Å²) in [4.78, 5) is -0.314. The Morgan fingerprint density at radius 3 is 2.42 bits per heavy atom. The predicted octanol–water partition coefficient (Wildman–Crippen LogP) is 3.21. The van der Waals surface area contributed by atoms with E-state index >= 15 is 0 Å². The summed E-state index contributed by atoms with van der Waals surface area (Å²) in [5.41, 5.74) is -1.26. The molecule has 0 bridgehead atoms. The molecule has 1 aromatic carbocycles. The minimum atomic E-state index is -4.63. The molecule has 0 unspecified atom stereocenters. The molecule has 2 aromatic rings. The molecular formula is C13H13ClF3N3O3S. The lowest BCUT2D eigenvalue weighted by Gasteiger charge is -2.14. The van der Waals surface area contributed by atoms with Gasteiger partial charge < -0.3 is 4.74 Å². The molecule has 2 rings (SSSR count). The summed E-state index contributed by atoms with van der Waals surface area (Å²) in [6.07, 6.45) is -4.63. The van der Waals surface area contributed by atoms with E-state index in [0.29, 0.717) is 6.07 Å². The summed E-state index contributed by atoms with van der Waals surface area (Å²) < 4.78 is 71.6. The SMILES string of the molecule is COc1ccc(C(F)(F)F)cc1NS(=O)(=O)c1c(C)nn(C)c1Cl. The van der Waals surface area contributed by atoms with Gasteiger partial charge in [0.25, 0.3) is 10.0 Å². The van der Waals surface area contributed by atoms with Crippen molar-refractivity contribution in [3.05, 3.63) is 34.6 Å². The second-order valence-corrected chi connectivity index (χ2v) is 6.82. The summed E-state index contributed by atoms with van der Waals surface area (Å²) in [5, 5.41) is 3.71. The summed E-state index contributed by atoms with van der Waals surface area (Å²) in [5.74, 6) is -0.0655. The molecule has 0 saturated carbocycles. The van der Waals surface area contributed by atoms with E-state index in [1.807, 2.05) is 0 Å². The lowest BCUT2D eigenvalue weighted by atomic mass is 10.2. The van der Waals surface area contributed by atoms with Gasteiger partial charge in [-0.05, 0) is 25.1 Å². The van der Waals surface area contributed by atoms with Gasteiger partial charge in [-0.15, -0.1) is 0 Å². The summed E-state index contributed by atoms with van der Waals surface area (Å²) in [6, 6.07) is 2.47. The van der Waals surface area contributed by atoms with Crippen molar-refractivity contribution < 1.29 is 26.3 Å². The van der Waals surface area contributed by atoms with E-state index < -0.39 is 21.8 Å². The normalized spacial score (nSPS) is 12.3. The van der Waals surface area contributed by atoms with Crippen molar-refractivity contribution in [2.75, 3.05) is 11.8 Å². The monoisotopic (exact) mass is 383 g/mol. The molecule has 11 heteroatoms. The molecule has 0 aliphatic carbocycles. The van der Waals surface area contributed by atoms with Crippen LogP contribution in [-0.4, -0.2) is 25.3 Å². The number of aromatic nitrogens is 2. The van der Waals surface area contributed by atoms with Crippen molar-refractivity contribution in [1.29, 1.82) is 0 Å². The number of sulfonamides is 1. The standard InChI is InChI=1S/C13H13ClF3N3O3S/c1-7-11(12(14)20(2)18-7)24(21,22)19-9-6-8(13(15,16)17)4-5-10(9)23-3/h4-6,19H,1-3H3. The first-order valence-corrected chi connectivity index (χ1v) is 8.30. The largest absolute Gasteiger partial charge is 0.495 e.